The molecule has 3 rings (SSSR count). The van der Waals surface area contributed by atoms with Crippen molar-refractivity contribution < 1.29 is 14.6 Å². The zero-order valence-electron chi connectivity index (χ0n) is 12.4. The average Bonchev–Trinajstić information content (AvgIpc) is 2.89. The molecule has 0 saturated carbocycles. The standard InChI is InChI=1S/C16H18N2O3S/c1-21-13-6-5-11(9-12(13)19)10-14-15(20)17-16(22-14)18-7-3-2-4-8-18/h5-6,9-10,19H,2-4,7-8H2,1H3. The van der Waals surface area contributed by atoms with Crippen molar-refractivity contribution in [2.24, 2.45) is 4.99 Å². The molecular formula is C16H18N2O3S. The van der Waals surface area contributed by atoms with Gasteiger partial charge >= 0.3 is 0 Å². The van der Waals surface area contributed by atoms with Crippen LogP contribution in [0.1, 0.15) is 24.8 Å². The van der Waals surface area contributed by atoms with Crippen LogP contribution in [-0.4, -0.2) is 41.3 Å². The number of likely N-dealkylation sites (tertiary alicyclic amines) is 1. The van der Waals surface area contributed by atoms with Gasteiger partial charge in [-0.1, -0.05) is 6.07 Å². The Morgan fingerprint density at radius 1 is 1.32 bits per heavy atom. The zero-order chi connectivity index (χ0) is 15.5. The van der Waals surface area contributed by atoms with E-state index in [1.165, 1.54) is 25.3 Å². The minimum absolute atomic E-state index is 0.0597. The van der Waals surface area contributed by atoms with E-state index in [4.69, 9.17) is 4.74 Å². The molecule has 1 fully saturated rings. The van der Waals surface area contributed by atoms with Gasteiger partial charge in [-0.05, 0) is 54.8 Å². The number of thioether (sulfide) groups is 1. The van der Waals surface area contributed by atoms with Gasteiger partial charge in [0.15, 0.2) is 16.7 Å². The SMILES string of the molecule is COc1ccc(C=C2SC(N3CCCCC3)=NC2=O)cc1O. The Balaban J connectivity index is 1.76. The van der Waals surface area contributed by atoms with Gasteiger partial charge in [-0.3, -0.25) is 4.79 Å². The number of phenols is 1. The number of methoxy groups -OCH3 is 1. The Morgan fingerprint density at radius 3 is 2.77 bits per heavy atom. The molecule has 1 aromatic rings. The Morgan fingerprint density at radius 2 is 2.09 bits per heavy atom. The largest absolute Gasteiger partial charge is 0.504 e. The summed E-state index contributed by atoms with van der Waals surface area (Å²) in [6.45, 7) is 1.94. The van der Waals surface area contributed by atoms with Gasteiger partial charge in [0.1, 0.15) is 0 Å². The quantitative estimate of drug-likeness (QED) is 0.850. The molecule has 0 atom stereocenters. The fraction of sp³-hybridized carbons (Fsp3) is 0.375. The summed E-state index contributed by atoms with van der Waals surface area (Å²) < 4.78 is 5.02. The number of hydrogen-bond donors (Lipinski definition) is 1. The molecule has 0 aliphatic carbocycles. The number of rotatable bonds is 2. The van der Waals surface area contributed by atoms with Gasteiger partial charge < -0.3 is 14.7 Å². The van der Waals surface area contributed by atoms with E-state index in [9.17, 15) is 9.90 Å². The van der Waals surface area contributed by atoms with Gasteiger partial charge in [0, 0.05) is 13.1 Å². The third-order valence-electron chi connectivity index (χ3n) is 3.74. The van der Waals surface area contributed by atoms with Crippen LogP contribution in [0.5, 0.6) is 11.5 Å². The van der Waals surface area contributed by atoms with E-state index in [1.807, 2.05) is 0 Å². The summed E-state index contributed by atoms with van der Waals surface area (Å²) in [5.41, 5.74) is 0.754. The summed E-state index contributed by atoms with van der Waals surface area (Å²) >= 11 is 1.41. The molecule has 6 heteroatoms. The lowest BCUT2D eigenvalue weighted by Gasteiger charge is -2.27. The predicted octanol–water partition coefficient (Wildman–Crippen LogP) is 2.86. The molecule has 0 spiro atoms. The summed E-state index contributed by atoms with van der Waals surface area (Å²) in [5.74, 6) is 0.267. The average molecular weight is 318 g/mol. The van der Waals surface area contributed by atoms with Gasteiger partial charge in [0.2, 0.25) is 0 Å². The Hall–Kier alpha value is -1.95. The van der Waals surface area contributed by atoms with Gasteiger partial charge in [0.05, 0.1) is 12.0 Å². The number of benzene rings is 1. The molecule has 2 heterocycles. The van der Waals surface area contributed by atoms with Crippen LogP contribution in [0.25, 0.3) is 6.08 Å². The smallest absolute Gasteiger partial charge is 0.286 e. The van der Waals surface area contributed by atoms with Crippen LogP contribution in [-0.2, 0) is 4.79 Å². The molecule has 22 heavy (non-hydrogen) atoms. The number of aromatic hydroxyl groups is 1. The van der Waals surface area contributed by atoms with Crippen molar-refractivity contribution in [2.45, 2.75) is 19.3 Å². The van der Waals surface area contributed by atoms with Crippen LogP contribution in [0.2, 0.25) is 0 Å². The molecular weight excluding hydrogens is 300 g/mol. The van der Waals surface area contributed by atoms with Gasteiger partial charge in [0.25, 0.3) is 5.91 Å². The van der Waals surface area contributed by atoms with Crippen molar-refractivity contribution in [2.75, 3.05) is 20.2 Å². The van der Waals surface area contributed by atoms with Crippen LogP contribution >= 0.6 is 11.8 Å². The van der Waals surface area contributed by atoms with Crippen molar-refractivity contribution in [3.05, 3.63) is 28.7 Å². The molecule has 2 aliphatic heterocycles. The minimum atomic E-state index is -0.208. The number of hydrogen-bond acceptors (Lipinski definition) is 5. The lowest BCUT2D eigenvalue weighted by Crippen LogP contribution is -2.33. The lowest BCUT2D eigenvalue weighted by atomic mass is 10.1. The third kappa shape index (κ3) is 3.11. The summed E-state index contributed by atoms with van der Waals surface area (Å²) in [5, 5.41) is 10.6. The highest BCUT2D eigenvalue weighted by Crippen LogP contribution is 2.33. The third-order valence-corrected chi connectivity index (χ3v) is 4.78. The molecule has 5 nitrogen and oxygen atoms in total. The minimum Gasteiger partial charge on any atom is -0.504 e. The van der Waals surface area contributed by atoms with Crippen LogP contribution in [0.3, 0.4) is 0 Å². The first-order chi connectivity index (χ1) is 10.7. The van der Waals surface area contributed by atoms with Gasteiger partial charge in [-0.2, -0.15) is 4.99 Å². The Labute approximate surface area is 133 Å². The highest BCUT2D eigenvalue weighted by atomic mass is 32.2. The highest BCUT2D eigenvalue weighted by molar-refractivity contribution is 8.18. The highest BCUT2D eigenvalue weighted by Gasteiger charge is 2.26. The number of aliphatic imine (C=N–C) groups is 1. The number of carbonyl (C=O) groups excluding carboxylic acids is 1. The first kappa shape index (κ1) is 15.0. The molecule has 1 saturated heterocycles. The fourth-order valence-electron chi connectivity index (χ4n) is 2.57. The normalized spacial score (nSPS) is 20.4. The topological polar surface area (TPSA) is 62.1 Å². The van der Waals surface area contributed by atoms with Crippen molar-refractivity contribution in [3.63, 3.8) is 0 Å². The summed E-state index contributed by atoms with van der Waals surface area (Å²) in [6.07, 6.45) is 5.31. The summed E-state index contributed by atoms with van der Waals surface area (Å²) in [4.78, 5) is 19.0. The first-order valence-corrected chi connectivity index (χ1v) is 8.13. The monoisotopic (exact) mass is 318 g/mol. The van der Waals surface area contributed by atoms with Gasteiger partial charge in [-0.15, -0.1) is 0 Å². The van der Waals surface area contributed by atoms with Crippen LogP contribution in [0.15, 0.2) is 28.1 Å². The molecule has 1 aromatic carbocycles. The predicted molar refractivity (Wildman–Crippen MR) is 88.1 cm³/mol. The fourth-order valence-corrected chi connectivity index (χ4v) is 3.53. The second-order valence-electron chi connectivity index (χ2n) is 5.29. The van der Waals surface area contributed by atoms with Crippen molar-refractivity contribution in [1.82, 2.24) is 4.90 Å². The van der Waals surface area contributed by atoms with Gasteiger partial charge in [-0.25, -0.2) is 0 Å². The molecule has 1 N–H and O–H groups in total. The van der Waals surface area contributed by atoms with E-state index in [0.717, 1.165) is 36.7 Å². The molecule has 0 radical (unpaired) electrons. The van der Waals surface area contributed by atoms with E-state index in [2.05, 4.69) is 9.89 Å². The van der Waals surface area contributed by atoms with Crippen LogP contribution < -0.4 is 4.74 Å². The summed E-state index contributed by atoms with van der Waals surface area (Å²) in [6, 6.07) is 5.06. The van der Waals surface area contributed by atoms with Crippen LogP contribution in [0.4, 0.5) is 0 Å². The molecule has 0 bridgehead atoms. The second kappa shape index (κ2) is 6.44. The first-order valence-electron chi connectivity index (χ1n) is 7.32. The van der Waals surface area contributed by atoms with E-state index in [1.54, 1.807) is 24.3 Å². The molecule has 0 aromatic heterocycles. The lowest BCUT2D eigenvalue weighted by molar-refractivity contribution is -0.113. The number of carbonyl (C=O) groups is 1. The van der Waals surface area contributed by atoms with E-state index >= 15 is 0 Å². The molecule has 116 valence electrons. The van der Waals surface area contributed by atoms with Crippen LogP contribution in [0, 0.1) is 0 Å². The number of amides is 1. The maximum Gasteiger partial charge on any atom is 0.286 e. The maximum absolute atomic E-state index is 12.0. The van der Waals surface area contributed by atoms with Crippen molar-refractivity contribution >= 4 is 28.9 Å². The number of amidine groups is 1. The molecule has 2 aliphatic rings. The van der Waals surface area contributed by atoms with Crippen molar-refractivity contribution in [1.29, 1.82) is 0 Å². The Bertz CT molecular complexity index is 649. The van der Waals surface area contributed by atoms with Crippen molar-refractivity contribution in [3.8, 4) is 11.5 Å². The second-order valence-corrected chi connectivity index (χ2v) is 6.30. The summed E-state index contributed by atoms with van der Waals surface area (Å²) in [7, 11) is 1.50. The zero-order valence-corrected chi connectivity index (χ0v) is 13.2. The number of piperidine rings is 1. The molecule has 0 unspecified atom stereocenters. The maximum atomic E-state index is 12.0. The molecule has 1 amide bonds. The number of phenolic OH excluding ortho intramolecular Hbond substituents is 1. The Kier molecular flexibility index (Phi) is 4.38. The van der Waals surface area contributed by atoms with E-state index in [-0.39, 0.29) is 11.7 Å². The van der Waals surface area contributed by atoms with E-state index in [0.29, 0.717) is 10.7 Å². The number of nitrogens with zero attached hydrogens (tertiary/aromatic N) is 2. The number of ether oxygens (including phenoxy) is 1. The van der Waals surface area contributed by atoms with E-state index < -0.39 is 0 Å².